The highest BCUT2D eigenvalue weighted by atomic mass is 35.5. The van der Waals surface area contributed by atoms with Crippen molar-refractivity contribution >= 4 is 11.6 Å². The second-order valence-corrected chi connectivity index (χ2v) is 3.75. The minimum absolute atomic E-state index is 0.0551. The monoisotopic (exact) mass is 222 g/mol. The number of aromatic nitrogens is 2. The average Bonchev–Trinajstić information content (AvgIpc) is 2.65. The van der Waals surface area contributed by atoms with Crippen molar-refractivity contribution in [1.82, 2.24) is 9.55 Å². The van der Waals surface area contributed by atoms with E-state index in [1.54, 1.807) is 18.6 Å². The van der Waals surface area contributed by atoms with Gasteiger partial charge >= 0.3 is 0 Å². The van der Waals surface area contributed by atoms with Crippen molar-refractivity contribution in [3.63, 3.8) is 0 Å². The fourth-order valence-corrected chi connectivity index (χ4v) is 1.64. The molecule has 0 saturated heterocycles. The van der Waals surface area contributed by atoms with Gasteiger partial charge in [0.2, 0.25) is 0 Å². The number of hydrogen-bond acceptors (Lipinski definition) is 2. The van der Waals surface area contributed by atoms with Crippen LogP contribution in [0.3, 0.4) is 0 Å². The number of aryl methyl sites for hydroxylation is 1. The lowest BCUT2D eigenvalue weighted by Crippen LogP contribution is -1.96. The Kier molecular flexibility index (Phi) is 2.75. The van der Waals surface area contributed by atoms with Crippen LogP contribution in [0.5, 0.6) is 0 Å². The molecule has 0 aliphatic rings. The SMILES string of the molecule is Cc1cncn1-c1ccc(Cl)c(CO)c1. The summed E-state index contributed by atoms with van der Waals surface area (Å²) in [5, 5.41) is 9.68. The van der Waals surface area contributed by atoms with Crippen LogP contribution in [0, 0.1) is 6.92 Å². The molecule has 2 aromatic rings. The largest absolute Gasteiger partial charge is 0.392 e. The Morgan fingerprint density at radius 3 is 2.87 bits per heavy atom. The summed E-state index contributed by atoms with van der Waals surface area (Å²) >= 11 is 5.91. The minimum Gasteiger partial charge on any atom is -0.392 e. The van der Waals surface area contributed by atoms with Crippen molar-refractivity contribution in [1.29, 1.82) is 0 Å². The number of rotatable bonds is 2. The molecule has 1 aromatic carbocycles. The molecule has 0 spiro atoms. The molecule has 2 rings (SSSR count). The first-order valence-electron chi connectivity index (χ1n) is 4.61. The highest BCUT2D eigenvalue weighted by molar-refractivity contribution is 6.31. The molecule has 0 amide bonds. The Bertz CT molecular complexity index is 479. The van der Waals surface area contributed by atoms with Crippen LogP contribution in [-0.4, -0.2) is 14.7 Å². The van der Waals surface area contributed by atoms with Crippen molar-refractivity contribution in [2.24, 2.45) is 0 Å². The lowest BCUT2D eigenvalue weighted by Gasteiger charge is -2.07. The van der Waals surface area contributed by atoms with Crippen molar-refractivity contribution in [3.05, 3.63) is 47.0 Å². The molecule has 0 atom stereocenters. The number of halogens is 1. The standard InChI is InChI=1S/C11H11ClN2O/c1-8-5-13-7-14(8)10-2-3-11(12)9(4-10)6-15/h2-5,7,15H,6H2,1H3. The van der Waals surface area contributed by atoms with Gasteiger partial charge in [0.25, 0.3) is 0 Å². The third kappa shape index (κ3) is 1.89. The van der Waals surface area contributed by atoms with E-state index in [0.717, 1.165) is 16.9 Å². The maximum atomic E-state index is 9.10. The van der Waals surface area contributed by atoms with Gasteiger partial charge in [0, 0.05) is 22.6 Å². The van der Waals surface area contributed by atoms with Crippen LogP contribution in [0.4, 0.5) is 0 Å². The van der Waals surface area contributed by atoms with Gasteiger partial charge in [-0.25, -0.2) is 4.98 Å². The van der Waals surface area contributed by atoms with Gasteiger partial charge in [-0.15, -0.1) is 0 Å². The number of aliphatic hydroxyl groups excluding tert-OH is 1. The minimum atomic E-state index is -0.0551. The van der Waals surface area contributed by atoms with Gasteiger partial charge in [-0.1, -0.05) is 11.6 Å². The van der Waals surface area contributed by atoms with E-state index >= 15 is 0 Å². The maximum Gasteiger partial charge on any atom is 0.0994 e. The lowest BCUT2D eigenvalue weighted by molar-refractivity contribution is 0.282. The molecule has 1 N–H and O–H groups in total. The molecule has 0 saturated carbocycles. The Labute approximate surface area is 93.0 Å². The first kappa shape index (κ1) is 10.2. The van der Waals surface area contributed by atoms with Gasteiger partial charge in [0.1, 0.15) is 0 Å². The molecule has 0 aliphatic heterocycles. The summed E-state index contributed by atoms with van der Waals surface area (Å²) in [6.07, 6.45) is 3.52. The van der Waals surface area contributed by atoms with Crippen molar-refractivity contribution in [3.8, 4) is 5.69 Å². The summed E-state index contributed by atoms with van der Waals surface area (Å²) in [4.78, 5) is 4.04. The molecule has 0 bridgehead atoms. The van der Waals surface area contributed by atoms with Crippen molar-refractivity contribution in [2.45, 2.75) is 13.5 Å². The zero-order valence-corrected chi connectivity index (χ0v) is 9.07. The van der Waals surface area contributed by atoms with Gasteiger partial charge in [-0.05, 0) is 30.7 Å². The number of hydrogen-bond donors (Lipinski definition) is 1. The van der Waals surface area contributed by atoms with E-state index in [-0.39, 0.29) is 6.61 Å². The summed E-state index contributed by atoms with van der Waals surface area (Å²) in [6, 6.07) is 5.54. The van der Waals surface area contributed by atoms with E-state index in [4.69, 9.17) is 16.7 Å². The van der Waals surface area contributed by atoms with E-state index in [9.17, 15) is 0 Å². The van der Waals surface area contributed by atoms with Gasteiger partial charge in [-0.2, -0.15) is 0 Å². The Morgan fingerprint density at radius 1 is 1.47 bits per heavy atom. The van der Waals surface area contributed by atoms with Gasteiger partial charge in [0.05, 0.1) is 12.9 Å². The molecule has 1 aromatic heterocycles. The third-order valence-electron chi connectivity index (χ3n) is 2.30. The van der Waals surface area contributed by atoms with Crippen LogP contribution in [0.25, 0.3) is 5.69 Å². The predicted octanol–water partition coefficient (Wildman–Crippen LogP) is 2.33. The second-order valence-electron chi connectivity index (χ2n) is 3.34. The predicted molar refractivity (Wildman–Crippen MR) is 59.2 cm³/mol. The third-order valence-corrected chi connectivity index (χ3v) is 2.67. The highest BCUT2D eigenvalue weighted by Crippen LogP contribution is 2.20. The summed E-state index contributed by atoms with van der Waals surface area (Å²) < 4.78 is 1.94. The van der Waals surface area contributed by atoms with E-state index in [1.165, 1.54) is 0 Å². The maximum absolute atomic E-state index is 9.10. The molecular formula is C11H11ClN2O. The van der Waals surface area contributed by atoms with E-state index in [2.05, 4.69) is 4.98 Å². The molecule has 4 heteroatoms. The molecule has 3 nitrogen and oxygen atoms in total. The highest BCUT2D eigenvalue weighted by Gasteiger charge is 2.04. The summed E-state index contributed by atoms with van der Waals surface area (Å²) in [5.41, 5.74) is 2.72. The van der Waals surface area contributed by atoms with Crippen LogP contribution in [0.2, 0.25) is 5.02 Å². The van der Waals surface area contributed by atoms with Crippen LogP contribution in [0.15, 0.2) is 30.7 Å². The quantitative estimate of drug-likeness (QED) is 0.847. The zero-order chi connectivity index (χ0) is 10.8. The smallest absolute Gasteiger partial charge is 0.0994 e. The first-order chi connectivity index (χ1) is 7.22. The molecule has 0 aliphatic carbocycles. The molecule has 0 fully saturated rings. The van der Waals surface area contributed by atoms with E-state index < -0.39 is 0 Å². The number of aliphatic hydroxyl groups is 1. The van der Waals surface area contributed by atoms with Gasteiger partial charge in [-0.3, -0.25) is 0 Å². The second kappa shape index (κ2) is 4.04. The Hall–Kier alpha value is -1.32. The summed E-state index contributed by atoms with van der Waals surface area (Å²) in [7, 11) is 0. The molecule has 1 heterocycles. The van der Waals surface area contributed by atoms with Gasteiger partial charge < -0.3 is 9.67 Å². The number of benzene rings is 1. The number of nitrogens with zero attached hydrogens (tertiary/aromatic N) is 2. The zero-order valence-electron chi connectivity index (χ0n) is 8.31. The normalized spacial score (nSPS) is 10.6. The van der Waals surface area contributed by atoms with Crippen LogP contribution >= 0.6 is 11.6 Å². The van der Waals surface area contributed by atoms with Gasteiger partial charge in [0.15, 0.2) is 0 Å². The average molecular weight is 223 g/mol. The molecule has 0 radical (unpaired) electrons. The van der Waals surface area contributed by atoms with Crippen LogP contribution in [0.1, 0.15) is 11.3 Å². The Morgan fingerprint density at radius 2 is 2.27 bits per heavy atom. The fourth-order valence-electron chi connectivity index (χ4n) is 1.46. The lowest BCUT2D eigenvalue weighted by atomic mass is 10.2. The Balaban J connectivity index is 2.51. The fraction of sp³-hybridized carbons (Fsp3) is 0.182. The van der Waals surface area contributed by atoms with Crippen LogP contribution < -0.4 is 0 Å². The summed E-state index contributed by atoms with van der Waals surface area (Å²) in [5.74, 6) is 0. The summed E-state index contributed by atoms with van der Waals surface area (Å²) in [6.45, 7) is 1.92. The van der Waals surface area contributed by atoms with E-state index in [1.807, 2.05) is 23.6 Å². The molecule has 0 unspecified atom stereocenters. The van der Waals surface area contributed by atoms with Crippen LogP contribution in [-0.2, 0) is 6.61 Å². The molecule has 78 valence electrons. The topological polar surface area (TPSA) is 38.0 Å². The van der Waals surface area contributed by atoms with Crippen molar-refractivity contribution in [2.75, 3.05) is 0 Å². The van der Waals surface area contributed by atoms with Crippen molar-refractivity contribution < 1.29 is 5.11 Å². The molecule has 15 heavy (non-hydrogen) atoms. The number of imidazole rings is 1. The first-order valence-corrected chi connectivity index (χ1v) is 4.99. The molecular weight excluding hydrogens is 212 g/mol. The van der Waals surface area contributed by atoms with E-state index in [0.29, 0.717) is 5.02 Å².